The molecule has 1 unspecified atom stereocenters. The van der Waals surface area contributed by atoms with Crippen molar-refractivity contribution in [1.29, 1.82) is 5.26 Å². The molecular weight excluding hydrogens is 296 g/mol. The molecule has 23 heavy (non-hydrogen) atoms. The molecule has 0 radical (unpaired) electrons. The van der Waals surface area contributed by atoms with E-state index in [0.29, 0.717) is 43.0 Å². The standard InChI is InChI=1S/C16H22N4O3/c1-16(2)5-10-14(12(21)6-16)13(15(19)22)9(7-18)11(20-10)8-23-4-3-17/h13,20H,3-6,8,17H2,1-2H3,(H2,19,22). The number of allylic oxidation sites excluding steroid dienone is 1. The van der Waals surface area contributed by atoms with Crippen LogP contribution in [0.1, 0.15) is 26.7 Å². The smallest absolute Gasteiger partial charge is 0.230 e. The zero-order chi connectivity index (χ0) is 17.2. The SMILES string of the molecule is CC1(C)CC(=O)C2=C(C1)NC(COCCN)=C(C#N)C2C(N)=O. The third-order valence-electron chi connectivity index (χ3n) is 4.04. The number of carbonyl (C=O) groups excluding carboxylic acids is 2. The Morgan fingerprint density at radius 3 is 2.74 bits per heavy atom. The molecule has 7 heteroatoms. The molecule has 7 nitrogen and oxygen atoms in total. The molecule has 5 N–H and O–H groups in total. The molecule has 0 aromatic carbocycles. The third kappa shape index (κ3) is 3.44. The molecule has 1 aliphatic heterocycles. The largest absolute Gasteiger partial charge is 0.374 e. The normalized spacial score (nSPS) is 23.2. The Balaban J connectivity index is 2.44. The lowest BCUT2D eigenvalue weighted by molar-refractivity contribution is -0.124. The Labute approximate surface area is 135 Å². The number of nitrogens with zero attached hydrogens (tertiary/aromatic N) is 1. The highest BCUT2D eigenvalue weighted by atomic mass is 16.5. The Hall–Kier alpha value is -2.17. The molecule has 1 atom stereocenters. The summed E-state index contributed by atoms with van der Waals surface area (Å²) in [4.78, 5) is 24.4. The summed E-state index contributed by atoms with van der Waals surface area (Å²) in [5.74, 6) is -1.83. The molecule has 0 aromatic rings. The van der Waals surface area contributed by atoms with Crippen molar-refractivity contribution in [3.8, 4) is 6.07 Å². The summed E-state index contributed by atoms with van der Waals surface area (Å²) in [5.41, 5.74) is 12.3. The van der Waals surface area contributed by atoms with Crippen LogP contribution < -0.4 is 16.8 Å². The number of carbonyl (C=O) groups is 2. The number of hydrogen-bond donors (Lipinski definition) is 3. The number of hydrogen-bond acceptors (Lipinski definition) is 6. The van der Waals surface area contributed by atoms with E-state index in [1.165, 1.54) is 0 Å². The highest BCUT2D eigenvalue weighted by molar-refractivity contribution is 6.05. The number of ether oxygens (including phenoxy) is 1. The van der Waals surface area contributed by atoms with Crippen LogP contribution >= 0.6 is 0 Å². The monoisotopic (exact) mass is 318 g/mol. The molecular formula is C16H22N4O3. The van der Waals surface area contributed by atoms with Crippen LogP contribution in [0.3, 0.4) is 0 Å². The van der Waals surface area contributed by atoms with E-state index in [4.69, 9.17) is 16.2 Å². The minimum atomic E-state index is -1.00. The van der Waals surface area contributed by atoms with Crippen LogP contribution in [-0.4, -0.2) is 31.4 Å². The zero-order valence-corrected chi connectivity index (χ0v) is 13.4. The lowest BCUT2D eigenvalue weighted by Gasteiger charge is -2.38. The fraction of sp³-hybridized carbons (Fsp3) is 0.562. The number of dihydropyridines is 1. The van der Waals surface area contributed by atoms with Gasteiger partial charge in [-0.3, -0.25) is 9.59 Å². The van der Waals surface area contributed by atoms with Gasteiger partial charge in [0.05, 0.1) is 30.6 Å². The first-order valence-electron chi connectivity index (χ1n) is 7.54. The number of rotatable bonds is 5. The number of Topliss-reactive ketones (excluding diaryl/α,β-unsaturated/α-hetero) is 1. The van der Waals surface area contributed by atoms with Gasteiger partial charge in [-0.1, -0.05) is 13.8 Å². The van der Waals surface area contributed by atoms with Gasteiger partial charge in [0.1, 0.15) is 5.92 Å². The van der Waals surface area contributed by atoms with Crippen molar-refractivity contribution in [3.05, 3.63) is 22.5 Å². The summed E-state index contributed by atoms with van der Waals surface area (Å²) >= 11 is 0. The van der Waals surface area contributed by atoms with Crippen molar-refractivity contribution >= 4 is 11.7 Å². The minimum absolute atomic E-state index is 0.120. The first-order valence-corrected chi connectivity index (χ1v) is 7.54. The lowest BCUT2D eigenvalue weighted by Crippen LogP contribution is -2.43. The highest BCUT2D eigenvalue weighted by Gasteiger charge is 2.43. The Kier molecular flexibility index (Phi) is 4.88. The Bertz CT molecular complexity index is 640. The van der Waals surface area contributed by atoms with Gasteiger partial charge >= 0.3 is 0 Å². The van der Waals surface area contributed by atoms with E-state index < -0.39 is 11.8 Å². The van der Waals surface area contributed by atoms with Crippen molar-refractivity contribution in [2.45, 2.75) is 26.7 Å². The quantitative estimate of drug-likeness (QED) is 0.615. The predicted molar refractivity (Wildman–Crippen MR) is 83.4 cm³/mol. The van der Waals surface area contributed by atoms with E-state index in [1.54, 1.807) is 0 Å². The van der Waals surface area contributed by atoms with Gasteiger partial charge in [-0.2, -0.15) is 5.26 Å². The number of nitrogens with one attached hydrogen (secondary N) is 1. The molecule has 2 rings (SSSR count). The van der Waals surface area contributed by atoms with E-state index in [1.807, 2.05) is 19.9 Å². The second kappa shape index (κ2) is 6.52. The molecule has 0 saturated heterocycles. The van der Waals surface area contributed by atoms with Gasteiger partial charge in [0.25, 0.3) is 0 Å². The molecule has 0 spiro atoms. The number of ketones is 1. The molecule has 0 aromatic heterocycles. The van der Waals surface area contributed by atoms with Crippen LogP contribution in [0.5, 0.6) is 0 Å². The van der Waals surface area contributed by atoms with Gasteiger partial charge in [0, 0.05) is 24.2 Å². The van der Waals surface area contributed by atoms with E-state index in [0.717, 1.165) is 0 Å². The zero-order valence-electron chi connectivity index (χ0n) is 13.4. The van der Waals surface area contributed by atoms with Gasteiger partial charge in [0.15, 0.2) is 5.78 Å². The lowest BCUT2D eigenvalue weighted by atomic mass is 9.70. The molecule has 0 saturated carbocycles. The van der Waals surface area contributed by atoms with Crippen LogP contribution in [0.2, 0.25) is 0 Å². The van der Waals surface area contributed by atoms with Crippen LogP contribution in [0.15, 0.2) is 22.5 Å². The summed E-state index contributed by atoms with van der Waals surface area (Å²) in [6, 6.07) is 2.01. The van der Waals surface area contributed by atoms with Gasteiger partial charge in [-0.05, 0) is 11.8 Å². The number of primary amides is 1. The van der Waals surface area contributed by atoms with Gasteiger partial charge in [0.2, 0.25) is 5.91 Å². The summed E-state index contributed by atoms with van der Waals surface area (Å²) < 4.78 is 5.38. The average Bonchev–Trinajstić information content (AvgIpc) is 2.44. The number of amides is 1. The van der Waals surface area contributed by atoms with Crippen LogP contribution in [-0.2, 0) is 14.3 Å². The summed E-state index contributed by atoms with van der Waals surface area (Å²) in [6.45, 7) is 4.79. The van der Waals surface area contributed by atoms with Crippen LogP contribution in [0.4, 0.5) is 0 Å². The number of nitriles is 1. The van der Waals surface area contributed by atoms with E-state index >= 15 is 0 Å². The second-order valence-electron chi connectivity index (χ2n) is 6.64. The highest BCUT2D eigenvalue weighted by Crippen LogP contribution is 2.42. The average molecular weight is 318 g/mol. The first kappa shape index (κ1) is 17.2. The molecule has 2 aliphatic rings. The van der Waals surface area contributed by atoms with Crippen molar-refractivity contribution in [2.24, 2.45) is 22.8 Å². The predicted octanol–water partition coefficient (Wildman–Crippen LogP) is 0.0873. The first-order chi connectivity index (χ1) is 10.8. The van der Waals surface area contributed by atoms with E-state index in [-0.39, 0.29) is 23.4 Å². The minimum Gasteiger partial charge on any atom is -0.374 e. The Morgan fingerprint density at radius 1 is 1.48 bits per heavy atom. The second-order valence-corrected chi connectivity index (χ2v) is 6.64. The maximum Gasteiger partial charge on any atom is 0.230 e. The van der Waals surface area contributed by atoms with Crippen LogP contribution in [0.25, 0.3) is 0 Å². The summed E-state index contributed by atoms with van der Waals surface area (Å²) in [5, 5.41) is 12.6. The number of nitrogens with two attached hydrogens (primary N) is 2. The van der Waals surface area contributed by atoms with Gasteiger partial charge in [-0.15, -0.1) is 0 Å². The van der Waals surface area contributed by atoms with Gasteiger partial charge < -0.3 is 21.5 Å². The van der Waals surface area contributed by atoms with Crippen molar-refractivity contribution in [1.82, 2.24) is 5.32 Å². The van der Waals surface area contributed by atoms with E-state index in [2.05, 4.69) is 5.32 Å². The molecule has 124 valence electrons. The van der Waals surface area contributed by atoms with Crippen LogP contribution in [0, 0.1) is 22.7 Å². The third-order valence-corrected chi connectivity index (χ3v) is 4.04. The van der Waals surface area contributed by atoms with E-state index in [9.17, 15) is 14.9 Å². The molecule has 0 fully saturated rings. The van der Waals surface area contributed by atoms with Gasteiger partial charge in [-0.25, -0.2) is 0 Å². The molecule has 1 amide bonds. The van der Waals surface area contributed by atoms with Crippen molar-refractivity contribution < 1.29 is 14.3 Å². The molecule has 1 aliphatic carbocycles. The fourth-order valence-electron chi connectivity index (χ4n) is 3.14. The molecule has 0 bridgehead atoms. The van der Waals surface area contributed by atoms with Crippen molar-refractivity contribution in [2.75, 3.05) is 19.8 Å². The summed E-state index contributed by atoms with van der Waals surface area (Å²) in [6.07, 6.45) is 0.936. The molecule has 1 heterocycles. The maximum atomic E-state index is 12.5. The summed E-state index contributed by atoms with van der Waals surface area (Å²) in [7, 11) is 0. The fourth-order valence-corrected chi connectivity index (χ4v) is 3.14. The topological polar surface area (TPSA) is 131 Å². The maximum absolute atomic E-state index is 12.5. The van der Waals surface area contributed by atoms with Crippen molar-refractivity contribution in [3.63, 3.8) is 0 Å². The Morgan fingerprint density at radius 2 is 2.17 bits per heavy atom.